The third-order valence-corrected chi connectivity index (χ3v) is 6.78. The van der Waals surface area contributed by atoms with Crippen LogP contribution in [0.5, 0.6) is 0 Å². The lowest BCUT2D eigenvalue weighted by Gasteiger charge is -2.19. The number of nitrogens with one attached hydrogen (secondary N) is 1. The second kappa shape index (κ2) is 6.87. The predicted molar refractivity (Wildman–Crippen MR) is 109 cm³/mol. The van der Waals surface area contributed by atoms with Crippen LogP contribution in [0.1, 0.15) is 16.8 Å². The minimum atomic E-state index is -3.35. The van der Waals surface area contributed by atoms with E-state index in [2.05, 4.69) is 5.32 Å². The molecule has 0 atom stereocenters. The highest BCUT2D eigenvalue weighted by Gasteiger charge is 2.30. The topological polar surface area (TPSA) is 66.5 Å². The summed E-state index contributed by atoms with van der Waals surface area (Å²) in [6, 6.07) is 18.1. The van der Waals surface area contributed by atoms with Gasteiger partial charge in [0, 0.05) is 17.8 Å². The third kappa shape index (κ3) is 3.38. The van der Waals surface area contributed by atoms with Gasteiger partial charge in [-0.15, -0.1) is 0 Å². The molecule has 1 saturated heterocycles. The maximum atomic E-state index is 12.8. The van der Waals surface area contributed by atoms with Crippen LogP contribution < -0.4 is 9.62 Å². The van der Waals surface area contributed by atoms with Crippen molar-refractivity contribution in [3.63, 3.8) is 0 Å². The molecule has 5 nitrogen and oxygen atoms in total. The van der Waals surface area contributed by atoms with Crippen LogP contribution in [0.4, 0.5) is 11.4 Å². The molecule has 3 aromatic carbocycles. The smallest absolute Gasteiger partial charge is 0.256 e. The number of anilines is 2. The first-order chi connectivity index (χ1) is 13.0. The van der Waals surface area contributed by atoms with Gasteiger partial charge in [-0.1, -0.05) is 48.0 Å². The molecule has 1 aliphatic rings. The lowest BCUT2D eigenvalue weighted by Crippen LogP contribution is -2.25. The SMILES string of the molecule is O=C(Nc1ccc(Cl)c(N2CCCS2(=O)=O)c1)c1cccc2ccccc12. The van der Waals surface area contributed by atoms with E-state index in [-0.39, 0.29) is 11.7 Å². The van der Waals surface area contributed by atoms with Gasteiger partial charge >= 0.3 is 0 Å². The summed E-state index contributed by atoms with van der Waals surface area (Å²) in [6.45, 7) is 0.392. The Bertz CT molecular complexity index is 1140. The zero-order valence-corrected chi connectivity index (χ0v) is 15.9. The number of hydrogen-bond donors (Lipinski definition) is 1. The van der Waals surface area contributed by atoms with Crippen molar-refractivity contribution in [3.05, 3.63) is 71.2 Å². The van der Waals surface area contributed by atoms with Gasteiger partial charge in [-0.25, -0.2) is 8.42 Å². The molecule has 0 spiro atoms. The van der Waals surface area contributed by atoms with Crippen molar-refractivity contribution in [2.24, 2.45) is 0 Å². The Kier molecular flexibility index (Phi) is 4.53. The van der Waals surface area contributed by atoms with Crippen LogP contribution in [0.25, 0.3) is 10.8 Å². The Labute approximate surface area is 162 Å². The summed E-state index contributed by atoms with van der Waals surface area (Å²) in [4.78, 5) is 12.8. The van der Waals surface area contributed by atoms with Crippen molar-refractivity contribution in [3.8, 4) is 0 Å². The number of carbonyl (C=O) groups is 1. The minimum Gasteiger partial charge on any atom is -0.322 e. The molecule has 0 aromatic heterocycles. The molecular weight excluding hydrogens is 384 g/mol. The van der Waals surface area contributed by atoms with Gasteiger partial charge in [-0.2, -0.15) is 0 Å². The second-order valence-corrected chi connectivity index (χ2v) is 8.81. The minimum absolute atomic E-state index is 0.107. The zero-order valence-electron chi connectivity index (χ0n) is 14.4. The molecule has 138 valence electrons. The molecule has 7 heteroatoms. The number of hydrogen-bond acceptors (Lipinski definition) is 3. The molecule has 1 heterocycles. The molecule has 0 unspecified atom stereocenters. The third-order valence-electron chi connectivity index (χ3n) is 4.61. The molecule has 0 saturated carbocycles. The van der Waals surface area contributed by atoms with Crippen LogP contribution in [0.15, 0.2) is 60.7 Å². The van der Waals surface area contributed by atoms with E-state index in [4.69, 9.17) is 11.6 Å². The highest BCUT2D eigenvalue weighted by molar-refractivity contribution is 7.93. The number of nitrogens with zero attached hydrogens (tertiary/aromatic N) is 1. The van der Waals surface area contributed by atoms with Crippen LogP contribution in [0.3, 0.4) is 0 Å². The van der Waals surface area contributed by atoms with Gasteiger partial charge in [-0.3, -0.25) is 9.10 Å². The summed E-state index contributed by atoms with van der Waals surface area (Å²) in [5.41, 5.74) is 1.44. The normalized spacial score (nSPS) is 15.8. The van der Waals surface area contributed by atoms with Gasteiger partial charge in [0.2, 0.25) is 10.0 Å². The maximum Gasteiger partial charge on any atom is 0.256 e. The summed E-state index contributed by atoms with van der Waals surface area (Å²) >= 11 is 6.22. The van der Waals surface area contributed by atoms with Crippen molar-refractivity contribution < 1.29 is 13.2 Å². The standard InChI is InChI=1S/C20H17ClN2O3S/c21-18-10-9-15(13-19(18)23-11-4-12-27(23,25)26)22-20(24)17-8-3-6-14-5-1-2-7-16(14)17/h1-3,5-10,13H,4,11-12H2,(H,22,24). The molecule has 1 amide bonds. The molecule has 4 rings (SSSR count). The molecular formula is C20H17ClN2O3S. The van der Waals surface area contributed by atoms with E-state index in [1.54, 1.807) is 24.3 Å². The summed E-state index contributed by atoms with van der Waals surface area (Å²) in [7, 11) is -3.35. The Morgan fingerprint density at radius 1 is 1.04 bits per heavy atom. The molecule has 1 fully saturated rings. The fraction of sp³-hybridized carbons (Fsp3) is 0.150. The van der Waals surface area contributed by atoms with Gasteiger partial charge in [0.15, 0.2) is 0 Å². The summed E-state index contributed by atoms with van der Waals surface area (Å²) in [6.07, 6.45) is 0.561. The molecule has 27 heavy (non-hydrogen) atoms. The predicted octanol–water partition coefficient (Wildman–Crippen LogP) is 4.29. The van der Waals surface area contributed by atoms with Crippen LogP contribution in [-0.2, 0) is 10.0 Å². The highest BCUT2D eigenvalue weighted by atomic mass is 35.5. The number of sulfonamides is 1. The highest BCUT2D eigenvalue weighted by Crippen LogP contribution is 2.33. The Morgan fingerprint density at radius 3 is 2.59 bits per heavy atom. The molecule has 3 aromatic rings. The Balaban J connectivity index is 1.67. The van der Waals surface area contributed by atoms with Crippen molar-refractivity contribution in [2.45, 2.75) is 6.42 Å². The van der Waals surface area contributed by atoms with E-state index >= 15 is 0 Å². The van der Waals surface area contributed by atoms with Gasteiger partial charge in [0.1, 0.15) is 0 Å². The number of benzene rings is 3. The first-order valence-corrected chi connectivity index (χ1v) is 10.5. The van der Waals surface area contributed by atoms with Crippen LogP contribution in [-0.4, -0.2) is 26.6 Å². The van der Waals surface area contributed by atoms with Crippen molar-refractivity contribution >= 4 is 49.7 Å². The van der Waals surface area contributed by atoms with E-state index in [0.717, 1.165) is 10.8 Å². The lowest BCUT2D eigenvalue weighted by molar-refractivity contribution is 0.102. The monoisotopic (exact) mass is 400 g/mol. The molecule has 1 N–H and O–H groups in total. The van der Waals surface area contributed by atoms with E-state index in [9.17, 15) is 13.2 Å². The average Bonchev–Trinajstić information content (AvgIpc) is 3.01. The van der Waals surface area contributed by atoms with E-state index in [1.807, 2.05) is 36.4 Å². The lowest BCUT2D eigenvalue weighted by atomic mass is 10.0. The van der Waals surface area contributed by atoms with Crippen molar-refractivity contribution in [1.82, 2.24) is 0 Å². The van der Waals surface area contributed by atoms with E-state index in [1.165, 1.54) is 4.31 Å². The van der Waals surface area contributed by atoms with Gasteiger partial charge in [0.25, 0.3) is 5.91 Å². The molecule has 0 bridgehead atoms. The number of amides is 1. The van der Waals surface area contributed by atoms with E-state index in [0.29, 0.717) is 34.9 Å². The van der Waals surface area contributed by atoms with Gasteiger partial charge in [0.05, 0.1) is 16.5 Å². The van der Waals surface area contributed by atoms with Gasteiger partial charge < -0.3 is 5.32 Å². The Morgan fingerprint density at radius 2 is 1.81 bits per heavy atom. The van der Waals surface area contributed by atoms with Crippen molar-refractivity contribution in [2.75, 3.05) is 21.9 Å². The van der Waals surface area contributed by atoms with Crippen LogP contribution >= 0.6 is 11.6 Å². The number of rotatable bonds is 3. The van der Waals surface area contributed by atoms with Crippen LogP contribution in [0.2, 0.25) is 5.02 Å². The zero-order chi connectivity index (χ0) is 19.0. The fourth-order valence-electron chi connectivity index (χ4n) is 3.31. The fourth-order valence-corrected chi connectivity index (χ4v) is 5.16. The van der Waals surface area contributed by atoms with E-state index < -0.39 is 10.0 Å². The van der Waals surface area contributed by atoms with Gasteiger partial charge in [-0.05, 0) is 41.5 Å². The average molecular weight is 401 g/mol. The maximum absolute atomic E-state index is 12.8. The number of carbonyl (C=O) groups excluding carboxylic acids is 1. The van der Waals surface area contributed by atoms with Crippen LogP contribution in [0, 0.1) is 0 Å². The summed E-state index contributed by atoms with van der Waals surface area (Å²) < 4.78 is 25.7. The Hall–Kier alpha value is -2.57. The number of halogens is 1. The number of fused-ring (bicyclic) bond motifs is 1. The molecule has 0 radical (unpaired) electrons. The van der Waals surface area contributed by atoms with Crippen molar-refractivity contribution in [1.29, 1.82) is 0 Å². The second-order valence-electron chi connectivity index (χ2n) is 6.39. The molecule has 1 aliphatic heterocycles. The first-order valence-electron chi connectivity index (χ1n) is 8.55. The first kappa shape index (κ1) is 17.8. The molecule has 0 aliphatic carbocycles. The quantitative estimate of drug-likeness (QED) is 0.713. The largest absolute Gasteiger partial charge is 0.322 e. The summed E-state index contributed by atoms with van der Waals surface area (Å²) in [5.74, 6) is -0.153. The summed E-state index contributed by atoms with van der Waals surface area (Å²) in [5, 5.41) is 5.02.